The van der Waals surface area contributed by atoms with Crippen LogP contribution in [0.5, 0.6) is 0 Å². The molecule has 0 saturated heterocycles. The van der Waals surface area contributed by atoms with Gasteiger partial charge in [0, 0.05) is 12.1 Å². The number of nitrogens with one attached hydrogen (secondary N) is 2. The van der Waals surface area contributed by atoms with E-state index >= 15 is 0 Å². The van der Waals surface area contributed by atoms with Crippen molar-refractivity contribution in [2.75, 3.05) is 11.3 Å². The Morgan fingerprint density at radius 1 is 1.12 bits per heavy atom. The molecule has 1 aromatic carbocycles. The Balaban J connectivity index is 2.22. The molecule has 0 saturated carbocycles. The monoisotopic (exact) mass is 375 g/mol. The number of anilines is 1. The fourth-order valence-corrected chi connectivity index (χ4v) is 4.00. The van der Waals surface area contributed by atoms with Gasteiger partial charge in [0.15, 0.2) is 5.82 Å². The predicted molar refractivity (Wildman–Crippen MR) is 85.4 cm³/mol. The van der Waals surface area contributed by atoms with Crippen LogP contribution in [0.15, 0.2) is 44.6 Å². The van der Waals surface area contributed by atoms with E-state index in [2.05, 4.69) is 14.6 Å². The largest absolute Gasteiger partial charge is 0.395 e. The summed E-state index contributed by atoms with van der Waals surface area (Å²) in [4.78, 5) is -0.239. The molecular weight excluding hydrogens is 358 g/mol. The molecule has 0 bridgehead atoms. The van der Waals surface area contributed by atoms with E-state index in [1.165, 1.54) is 13.0 Å². The zero-order valence-electron chi connectivity index (χ0n) is 12.9. The molecular formula is C13H17N3O6S2. The van der Waals surface area contributed by atoms with Crippen molar-refractivity contribution < 1.29 is 26.5 Å². The number of aromatic nitrogens is 1. The van der Waals surface area contributed by atoms with Crippen LogP contribution >= 0.6 is 0 Å². The van der Waals surface area contributed by atoms with Crippen molar-refractivity contribution in [3.8, 4) is 0 Å². The second-order valence-electron chi connectivity index (χ2n) is 5.10. The maximum Gasteiger partial charge on any atom is 0.263 e. The van der Waals surface area contributed by atoms with Crippen molar-refractivity contribution in [3.63, 3.8) is 0 Å². The van der Waals surface area contributed by atoms with Crippen LogP contribution in [0.1, 0.15) is 12.7 Å². The molecule has 1 aromatic heterocycles. The summed E-state index contributed by atoms with van der Waals surface area (Å²) in [5, 5.41) is 12.4. The van der Waals surface area contributed by atoms with Gasteiger partial charge in [0.2, 0.25) is 10.0 Å². The first-order chi connectivity index (χ1) is 11.1. The Morgan fingerprint density at radius 2 is 1.67 bits per heavy atom. The van der Waals surface area contributed by atoms with E-state index in [1.807, 2.05) is 0 Å². The minimum atomic E-state index is -3.92. The van der Waals surface area contributed by atoms with Gasteiger partial charge in [-0.3, -0.25) is 4.72 Å². The number of rotatable bonds is 7. The van der Waals surface area contributed by atoms with Gasteiger partial charge < -0.3 is 9.63 Å². The average molecular weight is 375 g/mol. The molecule has 0 fully saturated rings. The number of hydrogen-bond donors (Lipinski definition) is 3. The fourth-order valence-electron chi connectivity index (χ4n) is 1.78. The molecule has 24 heavy (non-hydrogen) atoms. The Hall–Kier alpha value is -1.95. The van der Waals surface area contributed by atoms with Gasteiger partial charge >= 0.3 is 0 Å². The minimum absolute atomic E-state index is 0.0302. The van der Waals surface area contributed by atoms with Crippen LogP contribution in [-0.2, 0) is 20.0 Å². The number of sulfonamides is 2. The van der Waals surface area contributed by atoms with E-state index in [4.69, 9.17) is 9.63 Å². The average Bonchev–Trinajstić information content (AvgIpc) is 2.91. The molecule has 11 heteroatoms. The third-order valence-electron chi connectivity index (χ3n) is 2.94. The second-order valence-corrected chi connectivity index (χ2v) is 8.50. The van der Waals surface area contributed by atoms with E-state index < -0.39 is 26.1 Å². The number of aliphatic hydroxyl groups is 1. The highest BCUT2D eigenvalue weighted by Crippen LogP contribution is 2.18. The molecule has 0 aliphatic rings. The molecule has 3 N–H and O–H groups in total. The van der Waals surface area contributed by atoms with Crippen LogP contribution < -0.4 is 9.44 Å². The van der Waals surface area contributed by atoms with Crippen LogP contribution in [0.2, 0.25) is 0 Å². The Bertz CT molecular complexity index is 903. The van der Waals surface area contributed by atoms with E-state index in [0.717, 1.165) is 24.3 Å². The number of aryl methyl sites for hydroxylation is 1. The zero-order chi connectivity index (χ0) is 18.0. The molecule has 132 valence electrons. The molecule has 0 aliphatic heterocycles. The fraction of sp³-hybridized carbons (Fsp3) is 0.308. The summed E-state index contributed by atoms with van der Waals surface area (Å²) in [6, 6.07) is 5.40. The lowest BCUT2D eigenvalue weighted by molar-refractivity contribution is 0.265. The normalized spacial score (nSPS) is 13.6. The Labute approximate surface area is 139 Å². The van der Waals surface area contributed by atoms with Crippen LogP contribution in [0, 0.1) is 6.92 Å². The van der Waals surface area contributed by atoms with Crippen molar-refractivity contribution in [3.05, 3.63) is 36.1 Å². The standard InChI is InChI=1S/C13H17N3O6S2/c1-9(8-17)15-23(18,19)11-3-5-12(6-4-11)24(20,21)16-13-7-10(2)22-14-13/h3-7,9,15,17H,8H2,1-2H3,(H,14,16). The summed E-state index contributed by atoms with van der Waals surface area (Å²) < 4.78 is 57.8. The minimum Gasteiger partial charge on any atom is -0.395 e. The molecule has 9 nitrogen and oxygen atoms in total. The molecule has 2 rings (SSSR count). The molecule has 0 aliphatic carbocycles. The Kier molecular flexibility index (Phi) is 5.28. The summed E-state index contributed by atoms with van der Waals surface area (Å²) in [5.41, 5.74) is 0. The lowest BCUT2D eigenvalue weighted by Gasteiger charge is -2.12. The third kappa shape index (κ3) is 4.32. The highest BCUT2D eigenvalue weighted by Gasteiger charge is 2.20. The van der Waals surface area contributed by atoms with E-state index in [9.17, 15) is 16.8 Å². The van der Waals surface area contributed by atoms with Crippen molar-refractivity contribution in [1.29, 1.82) is 0 Å². The van der Waals surface area contributed by atoms with Gasteiger partial charge in [-0.2, -0.15) is 0 Å². The van der Waals surface area contributed by atoms with Crippen LogP contribution in [0.3, 0.4) is 0 Å². The maximum absolute atomic E-state index is 12.2. The number of nitrogens with zero attached hydrogens (tertiary/aromatic N) is 1. The van der Waals surface area contributed by atoms with Gasteiger partial charge in [0.05, 0.1) is 16.4 Å². The molecule has 1 heterocycles. The van der Waals surface area contributed by atoms with Crippen molar-refractivity contribution in [2.24, 2.45) is 0 Å². The summed E-state index contributed by atoms with van der Waals surface area (Å²) in [6.07, 6.45) is 0. The van der Waals surface area contributed by atoms with Gasteiger partial charge in [-0.15, -0.1) is 0 Å². The predicted octanol–water partition coefficient (Wildman–Crippen LogP) is 0.443. The molecule has 2 aromatic rings. The van der Waals surface area contributed by atoms with Crippen molar-refractivity contribution >= 4 is 25.9 Å². The van der Waals surface area contributed by atoms with E-state index in [1.54, 1.807) is 6.92 Å². The lowest BCUT2D eigenvalue weighted by atomic mass is 10.4. The summed E-state index contributed by atoms with van der Waals surface area (Å²) >= 11 is 0. The van der Waals surface area contributed by atoms with Gasteiger partial charge in [-0.25, -0.2) is 21.6 Å². The highest BCUT2D eigenvalue weighted by atomic mass is 32.2. The first-order valence-electron chi connectivity index (χ1n) is 6.83. The SMILES string of the molecule is Cc1cc(NS(=O)(=O)c2ccc(S(=O)(=O)NC(C)CO)cc2)no1. The number of aliphatic hydroxyl groups excluding tert-OH is 1. The second kappa shape index (κ2) is 6.89. The van der Waals surface area contributed by atoms with Crippen LogP contribution in [-0.4, -0.2) is 39.7 Å². The smallest absolute Gasteiger partial charge is 0.263 e. The molecule has 1 unspecified atom stereocenters. The highest BCUT2D eigenvalue weighted by molar-refractivity contribution is 7.92. The zero-order valence-corrected chi connectivity index (χ0v) is 14.6. The van der Waals surface area contributed by atoms with Gasteiger partial charge in [-0.05, 0) is 38.1 Å². The van der Waals surface area contributed by atoms with Gasteiger partial charge in [-0.1, -0.05) is 5.16 Å². The third-order valence-corrected chi connectivity index (χ3v) is 5.92. The first kappa shape index (κ1) is 18.4. The summed E-state index contributed by atoms with van der Waals surface area (Å²) in [5.74, 6) is 0.473. The maximum atomic E-state index is 12.2. The quantitative estimate of drug-likeness (QED) is 0.638. The van der Waals surface area contributed by atoms with Crippen molar-refractivity contribution in [2.45, 2.75) is 29.7 Å². The molecule has 1 atom stereocenters. The molecule has 0 amide bonds. The Morgan fingerprint density at radius 3 is 2.12 bits per heavy atom. The molecule has 0 radical (unpaired) electrons. The van der Waals surface area contributed by atoms with Gasteiger partial charge in [0.25, 0.3) is 10.0 Å². The van der Waals surface area contributed by atoms with Crippen LogP contribution in [0.25, 0.3) is 0 Å². The molecule has 0 spiro atoms. The lowest BCUT2D eigenvalue weighted by Crippen LogP contribution is -2.35. The van der Waals surface area contributed by atoms with Crippen LogP contribution in [0.4, 0.5) is 5.82 Å². The topological polar surface area (TPSA) is 139 Å². The summed E-state index contributed by atoms with van der Waals surface area (Å²) in [6.45, 7) is 2.76. The number of benzene rings is 1. The van der Waals surface area contributed by atoms with E-state index in [-0.39, 0.29) is 22.2 Å². The van der Waals surface area contributed by atoms with Gasteiger partial charge in [0.1, 0.15) is 5.76 Å². The van der Waals surface area contributed by atoms with Crippen molar-refractivity contribution in [1.82, 2.24) is 9.88 Å². The van der Waals surface area contributed by atoms with E-state index in [0.29, 0.717) is 5.76 Å². The number of hydrogen-bond acceptors (Lipinski definition) is 7. The summed E-state index contributed by atoms with van der Waals surface area (Å²) in [7, 11) is -7.76. The first-order valence-corrected chi connectivity index (χ1v) is 9.80.